The molecule has 1 saturated carbocycles. The third-order valence-electron chi connectivity index (χ3n) is 4.66. The number of rotatable bonds is 3. The quantitative estimate of drug-likeness (QED) is 0.587. The van der Waals surface area contributed by atoms with Crippen LogP contribution >= 0.6 is 0 Å². The van der Waals surface area contributed by atoms with Crippen LogP contribution in [0, 0.1) is 10.1 Å². The lowest BCUT2D eigenvalue weighted by molar-refractivity contribution is -0.384. The van der Waals surface area contributed by atoms with Crippen LogP contribution in [0.15, 0.2) is 33.1 Å². The molecule has 1 heterocycles. The molecule has 0 bridgehead atoms. The predicted molar refractivity (Wildman–Crippen MR) is 97.7 cm³/mol. The van der Waals surface area contributed by atoms with Crippen LogP contribution in [0.25, 0.3) is 0 Å². The van der Waals surface area contributed by atoms with Crippen LogP contribution < -0.4 is 16.4 Å². The summed E-state index contributed by atoms with van der Waals surface area (Å²) in [7, 11) is -3.59. The first-order valence-electron chi connectivity index (χ1n) is 8.12. The van der Waals surface area contributed by atoms with Crippen molar-refractivity contribution in [2.75, 3.05) is 11.2 Å². The summed E-state index contributed by atoms with van der Waals surface area (Å²) in [5.74, 6) is 0.0469. The molecule has 10 nitrogen and oxygen atoms in total. The number of aliphatic imine (C=N–C) groups is 2. The molecule has 1 aromatic rings. The minimum absolute atomic E-state index is 0.00889. The van der Waals surface area contributed by atoms with E-state index in [0.29, 0.717) is 12.8 Å². The van der Waals surface area contributed by atoms with Crippen molar-refractivity contribution in [3.63, 3.8) is 0 Å². The maximum Gasteiger partial charge on any atom is 0.294 e. The highest BCUT2D eigenvalue weighted by Gasteiger charge is 2.44. The van der Waals surface area contributed by atoms with Crippen LogP contribution in [-0.2, 0) is 9.84 Å². The fraction of sp³-hybridized carbons (Fsp3) is 0.467. The van der Waals surface area contributed by atoms with Gasteiger partial charge in [-0.25, -0.2) is 13.4 Å². The van der Waals surface area contributed by atoms with Crippen molar-refractivity contribution in [1.82, 2.24) is 0 Å². The summed E-state index contributed by atoms with van der Waals surface area (Å²) >= 11 is 0. The van der Waals surface area contributed by atoms with E-state index in [2.05, 4.69) is 9.98 Å². The number of anilines is 1. The van der Waals surface area contributed by atoms with Crippen molar-refractivity contribution in [3.8, 4) is 0 Å². The third kappa shape index (κ3) is 3.09. The average molecular weight is 380 g/mol. The van der Waals surface area contributed by atoms with Crippen LogP contribution in [0.1, 0.15) is 32.1 Å². The normalized spacial score (nSPS) is 19.8. The molecule has 4 N–H and O–H groups in total. The number of hydrogen-bond acceptors (Lipinski definition) is 9. The molecule has 1 aliphatic heterocycles. The van der Waals surface area contributed by atoms with Crippen LogP contribution in [-0.4, -0.2) is 37.2 Å². The molecule has 26 heavy (non-hydrogen) atoms. The molecule has 0 unspecified atom stereocenters. The molecular weight excluding hydrogens is 360 g/mol. The molecule has 11 heteroatoms. The van der Waals surface area contributed by atoms with Gasteiger partial charge in [-0.2, -0.15) is 4.99 Å². The lowest BCUT2D eigenvalue weighted by atomic mass is 9.87. The molecule has 0 amide bonds. The predicted octanol–water partition coefficient (Wildman–Crippen LogP) is 1.11. The van der Waals surface area contributed by atoms with Crippen LogP contribution in [0.4, 0.5) is 11.4 Å². The summed E-state index contributed by atoms with van der Waals surface area (Å²) in [5, 5.41) is 11.6. The topological polar surface area (TPSA) is 157 Å². The molecule has 140 valence electrons. The number of nitrogens with zero attached hydrogens (tertiary/aromatic N) is 4. The van der Waals surface area contributed by atoms with E-state index in [4.69, 9.17) is 11.5 Å². The van der Waals surface area contributed by atoms with E-state index in [-0.39, 0.29) is 28.2 Å². The van der Waals surface area contributed by atoms with Crippen molar-refractivity contribution in [1.29, 1.82) is 0 Å². The molecule has 0 saturated heterocycles. The monoisotopic (exact) mass is 380 g/mol. The smallest absolute Gasteiger partial charge is 0.294 e. The molecule has 1 spiro atoms. The van der Waals surface area contributed by atoms with Gasteiger partial charge in [0.05, 0.1) is 9.82 Å². The molecule has 3 rings (SSSR count). The highest BCUT2D eigenvalue weighted by molar-refractivity contribution is 7.90. The molecule has 1 aromatic carbocycles. The lowest BCUT2D eigenvalue weighted by Gasteiger charge is -2.45. The number of sulfone groups is 1. The Morgan fingerprint density at radius 3 is 2.46 bits per heavy atom. The van der Waals surface area contributed by atoms with Crippen LogP contribution in [0.5, 0.6) is 0 Å². The first-order valence-corrected chi connectivity index (χ1v) is 10.0. The summed E-state index contributed by atoms with van der Waals surface area (Å²) in [6, 6.07) is 3.74. The molecular formula is C15H20N6O4S. The van der Waals surface area contributed by atoms with Gasteiger partial charge >= 0.3 is 0 Å². The minimum atomic E-state index is -3.59. The van der Waals surface area contributed by atoms with Gasteiger partial charge in [0.25, 0.3) is 5.69 Å². The second-order valence-corrected chi connectivity index (χ2v) is 8.51. The van der Waals surface area contributed by atoms with Gasteiger partial charge in [0, 0.05) is 12.3 Å². The number of guanidine groups is 2. The maximum absolute atomic E-state index is 11.8. The fourth-order valence-electron chi connectivity index (χ4n) is 3.54. The largest absolute Gasteiger partial charge is 0.369 e. The number of nitrogens with two attached hydrogens (primary N) is 2. The van der Waals surface area contributed by atoms with Gasteiger partial charge in [-0.05, 0) is 37.8 Å². The molecule has 0 aromatic heterocycles. The zero-order valence-corrected chi connectivity index (χ0v) is 15.1. The van der Waals surface area contributed by atoms with Gasteiger partial charge in [-0.15, -0.1) is 0 Å². The average Bonchev–Trinajstić information content (AvgIpc) is 2.53. The van der Waals surface area contributed by atoms with Gasteiger partial charge in [-0.3, -0.25) is 15.0 Å². The van der Waals surface area contributed by atoms with E-state index in [0.717, 1.165) is 31.6 Å². The summed E-state index contributed by atoms with van der Waals surface area (Å²) in [6.07, 6.45) is 5.00. The molecule has 1 fully saturated rings. The van der Waals surface area contributed by atoms with E-state index in [1.54, 1.807) is 0 Å². The standard InChI is InChI=1S/C15H20N6O4S/c1-26(24,25)10-5-6-11(12(9-10)21(22)23)20-14(17)18-13(16)19-15(20)7-3-2-4-8-15/h5-6,9H,2-4,7-8H2,1H3,(H4,16,17,18,19). The second-order valence-electron chi connectivity index (χ2n) is 6.50. The first kappa shape index (κ1) is 18.1. The Labute approximate surface area is 150 Å². The van der Waals surface area contributed by atoms with Crippen molar-refractivity contribution in [2.45, 2.75) is 42.7 Å². The molecule has 0 radical (unpaired) electrons. The van der Waals surface area contributed by atoms with E-state index in [1.807, 2.05) is 0 Å². The van der Waals surface area contributed by atoms with E-state index in [9.17, 15) is 18.5 Å². The SMILES string of the molecule is CS(=O)(=O)c1ccc(N2C(N)=NC(N)=NC23CCCCC3)c([N+](=O)[O-])c1. The van der Waals surface area contributed by atoms with Crippen LogP contribution in [0.2, 0.25) is 0 Å². The van der Waals surface area contributed by atoms with Crippen molar-refractivity contribution >= 4 is 33.1 Å². The maximum atomic E-state index is 11.8. The second kappa shape index (κ2) is 6.24. The zero-order valence-electron chi connectivity index (χ0n) is 14.3. The summed E-state index contributed by atoms with van der Waals surface area (Å²) < 4.78 is 23.5. The molecule has 1 aliphatic carbocycles. The minimum Gasteiger partial charge on any atom is -0.369 e. The number of nitro groups is 1. The van der Waals surface area contributed by atoms with Crippen molar-refractivity contribution in [2.24, 2.45) is 21.5 Å². The van der Waals surface area contributed by atoms with Gasteiger partial charge in [0.1, 0.15) is 11.4 Å². The van der Waals surface area contributed by atoms with Crippen molar-refractivity contribution in [3.05, 3.63) is 28.3 Å². The highest BCUT2D eigenvalue weighted by atomic mass is 32.2. The van der Waals surface area contributed by atoms with Gasteiger partial charge in [0.2, 0.25) is 11.9 Å². The number of nitro benzene ring substituents is 1. The van der Waals surface area contributed by atoms with E-state index < -0.39 is 20.4 Å². The van der Waals surface area contributed by atoms with Gasteiger partial charge in [-0.1, -0.05) is 6.42 Å². The van der Waals surface area contributed by atoms with E-state index >= 15 is 0 Å². The van der Waals surface area contributed by atoms with E-state index in [1.165, 1.54) is 17.0 Å². The van der Waals surface area contributed by atoms with Gasteiger partial charge < -0.3 is 11.5 Å². The Morgan fingerprint density at radius 1 is 1.23 bits per heavy atom. The fourth-order valence-corrected chi connectivity index (χ4v) is 4.18. The summed E-state index contributed by atoms with van der Waals surface area (Å²) in [6.45, 7) is 0. The molecule has 0 atom stereocenters. The van der Waals surface area contributed by atoms with Gasteiger partial charge in [0.15, 0.2) is 9.84 Å². The first-order chi connectivity index (χ1) is 12.1. The number of benzene rings is 1. The number of hydrogen-bond donors (Lipinski definition) is 2. The van der Waals surface area contributed by atoms with Crippen molar-refractivity contribution < 1.29 is 13.3 Å². The Morgan fingerprint density at radius 2 is 1.88 bits per heavy atom. The third-order valence-corrected chi connectivity index (χ3v) is 5.77. The lowest BCUT2D eigenvalue weighted by Crippen LogP contribution is -2.58. The van der Waals surface area contributed by atoms with Crippen LogP contribution in [0.3, 0.4) is 0 Å². The Bertz CT molecular complexity index is 918. The molecule has 2 aliphatic rings. The zero-order chi connectivity index (χ0) is 19.1. The summed E-state index contributed by atoms with van der Waals surface area (Å²) in [4.78, 5) is 20.8. The Balaban J connectivity index is 2.20. The summed E-state index contributed by atoms with van der Waals surface area (Å²) in [5.41, 5.74) is 10.8. The Hall–Kier alpha value is -2.69. The Kier molecular flexibility index (Phi) is 4.34. The highest BCUT2D eigenvalue weighted by Crippen LogP contribution is 2.42.